The molecule has 0 saturated carbocycles. The van der Waals surface area contributed by atoms with Gasteiger partial charge in [-0.2, -0.15) is 0 Å². The largest absolute Gasteiger partial charge is 0.491 e. The maximum absolute atomic E-state index is 13.7. The Labute approximate surface area is 102 Å². The molecule has 0 aliphatic heterocycles. The van der Waals surface area contributed by atoms with E-state index in [1.165, 1.54) is 6.07 Å². The first-order valence-electron chi connectivity index (χ1n) is 5.78. The van der Waals surface area contributed by atoms with Gasteiger partial charge >= 0.3 is 0 Å². The number of rotatable bonds is 7. The molecular weight excluding hydrogens is 221 g/mol. The minimum absolute atomic E-state index is 0.148. The molecule has 0 aromatic heterocycles. The van der Waals surface area contributed by atoms with Crippen LogP contribution in [0.3, 0.4) is 0 Å². The molecule has 0 aliphatic rings. The van der Waals surface area contributed by atoms with Crippen molar-refractivity contribution in [1.29, 1.82) is 0 Å². The lowest BCUT2D eigenvalue weighted by molar-refractivity contribution is 0.178. The predicted octanol–water partition coefficient (Wildman–Crippen LogP) is 2.17. The van der Waals surface area contributed by atoms with E-state index < -0.39 is 0 Å². The monoisotopic (exact) mass is 241 g/mol. The fourth-order valence-corrected chi connectivity index (χ4v) is 1.76. The maximum atomic E-state index is 13.7. The number of methoxy groups -OCH3 is 1. The van der Waals surface area contributed by atoms with Crippen LogP contribution in [0.4, 0.5) is 4.39 Å². The van der Waals surface area contributed by atoms with E-state index in [0.29, 0.717) is 19.0 Å². The van der Waals surface area contributed by atoms with Gasteiger partial charge in [-0.15, -0.1) is 0 Å². The van der Waals surface area contributed by atoms with Crippen molar-refractivity contribution in [3.63, 3.8) is 0 Å². The third kappa shape index (κ3) is 3.98. The molecule has 0 saturated heterocycles. The Hall–Kier alpha value is -1.13. The van der Waals surface area contributed by atoms with E-state index in [9.17, 15) is 4.39 Å². The van der Waals surface area contributed by atoms with Gasteiger partial charge in [-0.05, 0) is 31.7 Å². The molecule has 0 bridgehead atoms. The van der Waals surface area contributed by atoms with Gasteiger partial charge < -0.3 is 14.8 Å². The summed E-state index contributed by atoms with van der Waals surface area (Å²) in [7, 11) is 3.52. The van der Waals surface area contributed by atoms with Crippen molar-refractivity contribution in [2.45, 2.75) is 12.8 Å². The smallest absolute Gasteiger partial charge is 0.165 e. The summed E-state index contributed by atoms with van der Waals surface area (Å²) in [6, 6.07) is 5.08. The molecule has 0 heterocycles. The van der Waals surface area contributed by atoms with Crippen LogP contribution in [0.2, 0.25) is 0 Å². The van der Waals surface area contributed by atoms with Gasteiger partial charge in [-0.3, -0.25) is 0 Å². The quantitative estimate of drug-likeness (QED) is 0.793. The first-order valence-corrected chi connectivity index (χ1v) is 5.78. The first kappa shape index (κ1) is 13.9. The van der Waals surface area contributed by atoms with Gasteiger partial charge in [0.1, 0.15) is 0 Å². The van der Waals surface area contributed by atoms with Gasteiger partial charge in [-0.25, -0.2) is 4.39 Å². The van der Waals surface area contributed by atoms with Crippen molar-refractivity contribution in [2.24, 2.45) is 0 Å². The molecular formula is C13H20FNO2. The number of ether oxygens (including phenoxy) is 2. The molecule has 1 unspecified atom stereocenters. The van der Waals surface area contributed by atoms with Crippen LogP contribution in [0.5, 0.6) is 5.75 Å². The molecule has 0 aliphatic carbocycles. The molecule has 1 N–H and O–H groups in total. The van der Waals surface area contributed by atoms with Crippen LogP contribution in [-0.4, -0.2) is 33.9 Å². The summed E-state index contributed by atoms with van der Waals surface area (Å²) in [4.78, 5) is 0. The van der Waals surface area contributed by atoms with E-state index in [2.05, 4.69) is 5.32 Å². The molecule has 1 aromatic rings. The van der Waals surface area contributed by atoms with Crippen molar-refractivity contribution in [3.8, 4) is 5.75 Å². The summed E-state index contributed by atoms with van der Waals surface area (Å²) < 4.78 is 24.0. The lowest BCUT2D eigenvalue weighted by Crippen LogP contribution is -2.21. The highest BCUT2D eigenvalue weighted by atomic mass is 19.1. The molecule has 17 heavy (non-hydrogen) atoms. The minimum atomic E-state index is -0.318. The van der Waals surface area contributed by atoms with E-state index in [1.54, 1.807) is 13.2 Å². The highest BCUT2D eigenvalue weighted by Gasteiger charge is 2.13. The van der Waals surface area contributed by atoms with Crippen LogP contribution in [0, 0.1) is 5.82 Å². The fourth-order valence-electron chi connectivity index (χ4n) is 1.76. The van der Waals surface area contributed by atoms with E-state index >= 15 is 0 Å². The van der Waals surface area contributed by atoms with Crippen LogP contribution >= 0.6 is 0 Å². The Kier molecular flexibility index (Phi) is 5.94. The summed E-state index contributed by atoms with van der Waals surface area (Å²) in [6.45, 7) is 3.62. The van der Waals surface area contributed by atoms with Gasteiger partial charge in [0.25, 0.3) is 0 Å². The molecule has 1 rings (SSSR count). The number of nitrogens with one attached hydrogen (secondary N) is 1. The average Bonchev–Trinajstić information content (AvgIpc) is 2.32. The van der Waals surface area contributed by atoms with E-state index in [-0.39, 0.29) is 11.7 Å². The number of hydrogen-bond acceptors (Lipinski definition) is 3. The maximum Gasteiger partial charge on any atom is 0.165 e. The third-order valence-corrected chi connectivity index (χ3v) is 2.55. The Morgan fingerprint density at radius 3 is 2.71 bits per heavy atom. The van der Waals surface area contributed by atoms with Gasteiger partial charge in [0.2, 0.25) is 0 Å². The second-order valence-electron chi connectivity index (χ2n) is 3.83. The summed E-state index contributed by atoms with van der Waals surface area (Å²) in [5.41, 5.74) is 0.919. The zero-order chi connectivity index (χ0) is 12.7. The molecule has 0 spiro atoms. The van der Waals surface area contributed by atoms with Crippen LogP contribution in [0.25, 0.3) is 0 Å². The van der Waals surface area contributed by atoms with Crippen molar-refractivity contribution in [2.75, 3.05) is 33.9 Å². The summed E-state index contributed by atoms with van der Waals surface area (Å²) in [6.07, 6.45) is 0. The highest BCUT2D eigenvalue weighted by Crippen LogP contribution is 2.23. The van der Waals surface area contributed by atoms with Crippen LogP contribution in [-0.2, 0) is 4.74 Å². The first-order chi connectivity index (χ1) is 8.22. The van der Waals surface area contributed by atoms with E-state index in [4.69, 9.17) is 9.47 Å². The van der Waals surface area contributed by atoms with E-state index in [1.807, 2.05) is 20.0 Å². The Morgan fingerprint density at radius 1 is 1.41 bits per heavy atom. The lowest BCUT2D eigenvalue weighted by Gasteiger charge is -2.16. The standard InChI is InChI=1S/C13H20FNO2/c1-4-17-13-6-5-10(7-12(13)14)11(8-15-2)9-16-3/h5-7,11,15H,4,8-9H2,1-3H3. The summed E-state index contributed by atoms with van der Waals surface area (Å²) in [5.74, 6) is 0.133. The summed E-state index contributed by atoms with van der Waals surface area (Å²) in [5, 5.41) is 3.08. The topological polar surface area (TPSA) is 30.5 Å². The molecule has 4 heteroatoms. The average molecular weight is 241 g/mol. The summed E-state index contributed by atoms with van der Waals surface area (Å²) >= 11 is 0. The van der Waals surface area contributed by atoms with Crippen LogP contribution < -0.4 is 10.1 Å². The van der Waals surface area contributed by atoms with Crippen molar-refractivity contribution >= 4 is 0 Å². The van der Waals surface area contributed by atoms with Crippen molar-refractivity contribution < 1.29 is 13.9 Å². The van der Waals surface area contributed by atoms with Crippen LogP contribution in [0.1, 0.15) is 18.4 Å². The molecule has 96 valence electrons. The number of hydrogen-bond donors (Lipinski definition) is 1. The van der Waals surface area contributed by atoms with Gasteiger partial charge in [0, 0.05) is 19.6 Å². The van der Waals surface area contributed by atoms with Crippen molar-refractivity contribution in [1.82, 2.24) is 5.32 Å². The normalized spacial score (nSPS) is 12.5. The predicted molar refractivity (Wildman–Crippen MR) is 66.1 cm³/mol. The third-order valence-electron chi connectivity index (χ3n) is 2.55. The number of likely N-dealkylation sites (N-methyl/N-ethyl adjacent to an activating group) is 1. The SMILES string of the molecule is CCOc1ccc(C(CNC)COC)cc1F. The minimum Gasteiger partial charge on any atom is -0.491 e. The fraction of sp³-hybridized carbons (Fsp3) is 0.538. The van der Waals surface area contributed by atoms with Crippen molar-refractivity contribution in [3.05, 3.63) is 29.6 Å². The zero-order valence-corrected chi connectivity index (χ0v) is 10.6. The Morgan fingerprint density at radius 2 is 2.18 bits per heavy atom. The molecule has 1 aromatic carbocycles. The number of benzene rings is 1. The molecule has 0 radical (unpaired) electrons. The van der Waals surface area contributed by atoms with Gasteiger partial charge in [-0.1, -0.05) is 6.07 Å². The number of halogens is 1. The molecule has 3 nitrogen and oxygen atoms in total. The molecule has 0 fully saturated rings. The van der Waals surface area contributed by atoms with Gasteiger partial charge in [0.15, 0.2) is 11.6 Å². The van der Waals surface area contributed by atoms with Crippen LogP contribution in [0.15, 0.2) is 18.2 Å². The zero-order valence-electron chi connectivity index (χ0n) is 10.6. The second-order valence-corrected chi connectivity index (χ2v) is 3.83. The second kappa shape index (κ2) is 7.25. The van der Waals surface area contributed by atoms with E-state index in [0.717, 1.165) is 12.1 Å². The Bertz CT molecular complexity index is 338. The highest BCUT2D eigenvalue weighted by molar-refractivity contribution is 5.31. The Balaban J connectivity index is 2.85. The molecule has 1 atom stereocenters. The lowest BCUT2D eigenvalue weighted by atomic mass is 9.99. The van der Waals surface area contributed by atoms with Gasteiger partial charge in [0.05, 0.1) is 13.2 Å². The molecule has 0 amide bonds.